The molecule has 0 saturated heterocycles. The lowest BCUT2D eigenvalue weighted by Gasteiger charge is -2.16. The number of aryl methyl sites for hydroxylation is 1. The maximum absolute atomic E-state index is 13.3. The average Bonchev–Trinajstić information content (AvgIpc) is 3.29. The van der Waals surface area contributed by atoms with E-state index in [-0.39, 0.29) is 5.70 Å². The number of hydrogen-bond donors (Lipinski definition) is 1. The quantitative estimate of drug-likeness (QED) is 0.578. The zero-order valence-electron chi connectivity index (χ0n) is 15.7. The molecule has 0 saturated carbocycles. The second-order valence-corrected chi connectivity index (χ2v) is 7.87. The lowest BCUT2D eigenvalue weighted by molar-refractivity contribution is -0.120. The Kier molecular flexibility index (Phi) is 5.13. The standard InChI is InChI=1S/C22H17ClN2O3S/c1-13-8-9-17(28-2)16(11-13)24-20-19(18-7-4-10-29-18)21(26)25(22(20)27)15-6-3-5-14(23)12-15/h3-12,24H,1-2H3. The Hall–Kier alpha value is -3.09. The van der Waals surface area contributed by atoms with Gasteiger partial charge < -0.3 is 10.1 Å². The summed E-state index contributed by atoms with van der Waals surface area (Å²) in [4.78, 5) is 28.5. The third-order valence-electron chi connectivity index (χ3n) is 4.53. The van der Waals surface area contributed by atoms with E-state index in [0.717, 1.165) is 10.5 Å². The molecule has 1 aliphatic heterocycles. The first kappa shape index (κ1) is 19.2. The normalized spacial score (nSPS) is 14.0. The molecule has 0 spiro atoms. The zero-order chi connectivity index (χ0) is 20.5. The second kappa shape index (κ2) is 7.73. The fourth-order valence-corrected chi connectivity index (χ4v) is 4.15. The summed E-state index contributed by atoms with van der Waals surface area (Å²) in [5.41, 5.74) is 2.57. The Morgan fingerprint density at radius 1 is 1.03 bits per heavy atom. The Labute approximate surface area is 177 Å². The van der Waals surface area contributed by atoms with Crippen LogP contribution in [0.1, 0.15) is 10.4 Å². The van der Waals surface area contributed by atoms with Gasteiger partial charge in [0.2, 0.25) is 0 Å². The number of nitrogens with one attached hydrogen (secondary N) is 1. The molecule has 1 N–H and O–H groups in total. The van der Waals surface area contributed by atoms with Crippen LogP contribution in [0.5, 0.6) is 5.75 Å². The number of anilines is 2. The van der Waals surface area contributed by atoms with E-state index in [1.165, 1.54) is 11.3 Å². The van der Waals surface area contributed by atoms with Crippen molar-refractivity contribution < 1.29 is 14.3 Å². The van der Waals surface area contributed by atoms with Crippen LogP contribution in [0.25, 0.3) is 5.57 Å². The predicted octanol–water partition coefficient (Wildman–Crippen LogP) is 5.12. The molecule has 4 rings (SSSR count). The fraction of sp³-hybridized carbons (Fsp3) is 0.0909. The second-order valence-electron chi connectivity index (χ2n) is 6.48. The van der Waals surface area contributed by atoms with Gasteiger partial charge in [-0.1, -0.05) is 29.8 Å². The van der Waals surface area contributed by atoms with Crippen molar-refractivity contribution in [2.45, 2.75) is 6.92 Å². The van der Waals surface area contributed by atoms with Crippen molar-refractivity contribution in [1.29, 1.82) is 0 Å². The van der Waals surface area contributed by atoms with Gasteiger partial charge in [-0.15, -0.1) is 11.3 Å². The number of rotatable bonds is 5. The van der Waals surface area contributed by atoms with Crippen LogP contribution in [0.3, 0.4) is 0 Å². The fourth-order valence-electron chi connectivity index (χ4n) is 3.20. The van der Waals surface area contributed by atoms with Gasteiger partial charge >= 0.3 is 0 Å². The van der Waals surface area contributed by atoms with Gasteiger partial charge in [0.1, 0.15) is 11.4 Å². The van der Waals surface area contributed by atoms with Gasteiger partial charge in [-0.3, -0.25) is 9.59 Å². The third kappa shape index (κ3) is 3.52. The van der Waals surface area contributed by atoms with E-state index in [9.17, 15) is 9.59 Å². The number of nitrogens with zero attached hydrogens (tertiary/aromatic N) is 1. The SMILES string of the molecule is COc1ccc(C)cc1NC1=C(c2cccs2)C(=O)N(c2cccc(Cl)c2)C1=O. The number of methoxy groups -OCH3 is 1. The van der Waals surface area contributed by atoms with Crippen LogP contribution < -0.4 is 15.0 Å². The van der Waals surface area contributed by atoms with E-state index in [4.69, 9.17) is 16.3 Å². The van der Waals surface area contributed by atoms with Crippen molar-refractivity contribution in [3.05, 3.63) is 81.1 Å². The minimum Gasteiger partial charge on any atom is -0.495 e. The van der Waals surface area contributed by atoms with Gasteiger partial charge in [0.25, 0.3) is 11.8 Å². The first-order valence-corrected chi connectivity index (χ1v) is 10.1. The molecular weight excluding hydrogens is 408 g/mol. The van der Waals surface area contributed by atoms with Crippen molar-refractivity contribution in [3.8, 4) is 5.75 Å². The van der Waals surface area contributed by atoms with Crippen molar-refractivity contribution in [2.24, 2.45) is 0 Å². The van der Waals surface area contributed by atoms with Crippen LogP contribution in [0.2, 0.25) is 5.02 Å². The molecule has 1 aliphatic rings. The molecule has 0 unspecified atom stereocenters. The van der Waals surface area contributed by atoms with Gasteiger partial charge in [0.15, 0.2) is 0 Å². The first-order chi connectivity index (χ1) is 14.0. The molecule has 5 nitrogen and oxygen atoms in total. The molecule has 0 aliphatic carbocycles. The van der Waals surface area contributed by atoms with Gasteiger partial charge in [-0.25, -0.2) is 4.90 Å². The molecule has 2 amide bonds. The summed E-state index contributed by atoms with van der Waals surface area (Å²) in [6.07, 6.45) is 0. The van der Waals surface area contributed by atoms with E-state index in [2.05, 4.69) is 5.32 Å². The molecule has 0 bridgehead atoms. The van der Waals surface area contributed by atoms with Crippen LogP contribution in [0, 0.1) is 6.92 Å². The summed E-state index contributed by atoms with van der Waals surface area (Å²) in [5.74, 6) is -0.256. The van der Waals surface area contributed by atoms with Crippen LogP contribution in [-0.2, 0) is 9.59 Å². The van der Waals surface area contributed by atoms with E-state index >= 15 is 0 Å². The Morgan fingerprint density at radius 2 is 1.86 bits per heavy atom. The van der Waals surface area contributed by atoms with Gasteiger partial charge in [0.05, 0.1) is 24.1 Å². The number of carbonyl (C=O) groups is 2. The molecule has 0 atom stereocenters. The van der Waals surface area contributed by atoms with E-state index in [1.807, 2.05) is 42.6 Å². The third-order valence-corrected chi connectivity index (χ3v) is 5.65. The number of ether oxygens (including phenoxy) is 1. The number of hydrogen-bond acceptors (Lipinski definition) is 5. The maximum Gasteiger partial charge on any atom is 0.282 e. The molecule has 7 heteroatoms. The molecule has 29 heavy (non-hydrogen) atoms. The van der Waals surface area contributed by atoms with Crippen molar-refractivity contribution in [1.82, 2.24) is 0 Å². The average molecular weight is 425 g/mol. The highest BCUT2D eigenvalue weighted by molar-refractivity contribution is 7.11. The van der Waals surface area contributed by atoms with Crippen LogP contribution >= 0.6 is 22.9 Å². The number of imide groups is 1. The number of amides is 2. The van der Waals surface area contributed by atoms with E-state index < -0.39 is 11.8 Å². The Bertz CT molecular complexity index is 1140. The van der Waals surface area contributed by atoms with Gasteiger partial charge in [-0.2, -0.15) is 0 Å². The van der Waals surface area contributed by atoms with E-state index in [0.29, 0.717) is 32.6 Å². The monoisotopic (exact) mass is 424 g/mol. The zero-order valence-corrected chi connectivity index (χ0v) is 17.3. The van der Waals surface area contributed by atoms with Crippen LogP contribution in [-0.4, -0.2) is 18.9 Å². The highest BCUT2D eigenvalue weighted by Crippen LogP contribution is 2.37. The largest absolute Gasteiger partial charge is 0.495 e. The van der Waals surface area contributed by atoms with Crippen LogP contribution in [0.4, 0.5) is 11.4 Å². The van der Waals surface area contributed by atoms with Crippen molar-refractivity contribution in [2.75, 3.05) is 17.3 Å². The van der Waals surface area contributed by atoms with Crippen LogP contribution in [0.15, 0.2) is 65.7 Å². The molecule has 2 heterocycles. The molecule has 1 aromatic heterocycles. The molecule has 0 radical (unpaired) electrons. The number of thiophene rings is 1. The highest BCUT2D eigenvalue weighted by atomic mass is 35.5. The minimum absolute atomic E-state index is 0.210. The lowest BCUT2D eigenvalue weighted by atomic mass is 10.1. The number of halogens is 1. The maximum atomic E-state index is 13.3. The predicted molar refractivity (Wildman–Crippen MR) is 117 cm³/mol. The van der Waals surface area contributed by atoms with Crippen molar-refractivity contribution >= 4 is 51.7 Å². The van der Waals surface area contributed by atoms with Crippen molar-refractivity contribution in [3.63, 3.8) is 0 Å². The molecule has 146 valence electrons. The molecule has 0 fully saturated rings. The topological polar surface area (TPSA) is 58.6 Å². The number of benzene rings is 2. The van der Waals surface area contributed by atoms with Gasteiger partial charge in [-0.05, 0) is 54.3 Å². The molecule has 3 aromatic rings. The first-order valence-electron chi connectivity index (χ1n) is 8.83. The highest BCUT2D eigenvalue weighted by Gasteiger charge is 2.41. The number of carbonyl (C=O) groups excluding carboxylic acids is 2. The summed E-state index contributed by atoms with van der Waals surface area (Å²) < 4.78 is 5.42. The summed E-state index contributed by atoms with van der Waals surface area (Å²) in [7, 11) is 1.56. The smallest absolute Gasteiger partial charge is 0.282 e. The molecule has 2 aromatic carbocycles. The summed E-state index contributed by atoms with van der Waals surface area (Å²) in [6, 6.07) is 16.0. The van der Waals surface area contributed by atoms with Gasteiger partial charge in [0, 0.05) is 9.90 Å². The Balaban J connectivity index is 1.83. The summed E-state index contributed by atoms with van der Waals surface area (Å²) in [6.45, 7) is 1.94. The molecular formula is C22H17ClN2O3S. The minimum atomic E-state index is -0.441. The lowest BCUT2D eigenvalue weighted by Crippen LogP contribution is -2.32. The summed E-state index contributed by atoms with van der Waals surface area (Å²) >= 11 is 7.48. The van der Waals surface area contributed by atoms with E-state index in [1.54, 1.807) is 31.4 Å². The Morgan fingerprint density at radius 3 is 2.55 bits per heavy atom. The summed E-state index contributed by atoms with van der Waals surface area (Å²) in [5, 5.41) is 5.47.